The predicted octanol–water partition coefficient (Wildman–Crippen LogP) is 4.70. The molecule has 1 aromatic heterocycles. The number of sulfonamides is 1. The second-order valence-corrected chi connectivity index (χ2v) is 13.0. The first-order chi connectivity index (χ1) is 22.2. The second kappa shape index (κ2) is 16.8. The van der Waals surface area contributed by atoms with Gasteiger partial charge in [0.25, 0.3) is 5.91 Å². The highest BCUT2D eigenvalue weighted by atomic mass is 32.2. The Kier molecular flexibility index (Phi) is 12.6. The zero-order valence-electron chi connectivity index (χ0n) is 26.4. The Hall–Kier alpha value is -4.32. The number of esters is 1. The first kappa shape index (κ1) is 34.6. The van der Waals surface area contributed by atoms with Gasteiger partial charge in [0.2, 0.25) is 15.9 Å². The molecule has 11 nitrogen and oxygen atoms in total. The molecule has 3 aromatic rings. The molecule has 46 heavy (non-hydrogen) atoms. The molecule has 2 amide bonds. The number of hydrogen-bond donors (Lipinski definition) is 1. The summed E-state index contributed by atoms with van der Waals surface area (Å²) in [5.74, 6) is -1.57. The molecule has 0 radical (unpaired) electrons. The van der Waals surface area contributed by atoms with Crippen molar-refractivity contribution in [1.29, 1.82) is 0 Å². The monoisotopic (exact) mass is 650 g/mol. The molecule has 0 bridgehead atoms. The lowest BCUT2D eigenvalue weighted by Gasteiger charge is -2.24. The maximum Gasteiger partial charge on any atom is 0.322 e. The first-order valence-corrected chi connectivity index (χ1v) is 17.4. The van der Waals surface area contributed by atoms with Crippen LogP contribution in [0.2, 0.25) is 0 Å². The van der Waals surface area contributed by atoms with Crippen LogP contribution in [0.15, 0.2) is 60.9 Å². The lowest BCUT2D eigenvalue weighted by atomic mass is 10.1. The van der Waals surface area contributed by atoms with Crippen LogP contribution in [0.3, 0.4) is 0 Å². The largest absolute Gasteiger partial charge is 0.494 e. The first-order valence-electron chi connectivity index (χ1n) is 15.7. The maximum atomic E-state index is 13.0. The van der Waals surface area contributed by atoms with Gasteiger partial charge in [0, 0.05) is 36.5 Å². The summed E-state index contributed by atoms with van der Waals surface area (Å²) in [6.45, 7) is 3.29. The number of nitrogens with one attached hydrogen (secondary N) is 1. The van der Waals surface area contributed by atoms with Crippen molar-refractivity contribution in [2.24, 2.45) is 0 Å². The molecule has 0 unspecified atom stereocenters. The number of benzene rings is 2. The van der Waals surface area contributed by atoms with Crippen LogP contribution in [0.4, 0.5) is 0 Å². The van der Waals surface area contributed by atoms with Gasteiger partial charge in [-0.1, -0.05) is 69.0 Å². The van der Waals surface area contributed by atoms with E-state index in [1.807, 2.05) is 53.3 Å². The topological polar surface area (TPSA) is 145 Å². The quantitative estimate of drug-likeness (QED) is 0.172. The van der Waals surface area contributed by atoms with Gasteiger partial charge >= 0.3 is 5.97 Å². The van der Waals surface area contributed by atoms with Gasteiger partial charge < -0.3 is 14.4 Å². The Balaban J connectivity index is 1.26. The molecule has 0 aliphatic carbocycles. The molecule has 2 heterocycles. The Labute approximate surface area is 270 Å². The second-order valence-electron chi connectivity index (χ2n) is 11.3. The third-order valence-electron chi connectivity index (χ3n) is 7.86. The van der Waals surface area contributed by atoms with Crippen LogP contribution >= 0.6 is 0 Å². The third-order valence-corrected chi connectivity index (χ3v) is 8.99. The average molecular weight is 651 g/mol. The normalized spacial score (nSPS) is 14.6. The number of methoxy groups -OCH3 is 1. The highest BCUT2D eigenvalue weighted by Crippen LogP contribution is 2.24. The minimum atomic E-state index is -4.21. The minimum Gasteiger partial charge on any atom is -0.494 e. The molecule has 4 rings (SSSR count). The van der Waals surface area contributed by atoms with E-state index in [2.05, 4.69) is 21.6 Å². The van der Waals surface area contributed by atoms with Crippen LogP contribution in [0.25, 0.3) is 22.5 Å². The van der Waals surface area contributed by atoms with Crippen LogP contribution in [-0.2, 0) is 35.6 Å². The Morgan fingerprint density at radius 1 is 0.913 bits per heavy atom. The summed E-state index contributed by atoms with van der Waals surface area (Å²) < 4.78 is 36.3. The van der Waals surface area contributed by atoms with Gasteiger partial charge in [-0.15, -0.1) is 0 Å². The van der Waals surface area contributed by atoms with E-state index in [1.54, 1.807) is 12.4 Å². The molecule has 1 N–H and O–H groups in total. The zero-order chi connectivity index (χ0) is 32.9. The number of hydrogen-bond acceptors (Lipinski definition) is 9. The molecule has 1 aliphatic heterocycles. The molecule has 0 saturated carbocycles. The van der Waals surface area contributed by atoms with E-state index in [0.29, 0.717) is 31.6 Å². The number of likely N-dealkylation sites (tertiary alicyclic amines) is 1. The van der Waals surface area contributed by atoms with Crippen molar-refractivity contribution in [2.75, 3.05) is 26.0 Å². The standard InChI is InChI=1S/C34H42N4O7S/c1-3-4-5-6-7-21-45-29-17-15-26(16-18-29)28-22-35-33(36-23-28)27-13-10-25(11-14-27)12-19-31(39)38-20-8-9-30(38)34(41)37-46(42,43)24-32(40)44-2/h10-11,13-18,22-23,30H,3-9,12,19-21,24H2,1-2H3,(H,37,41)/t30-/m0/s1. The molecular weight excluding hydrogens is 608 g/mol. The maximum absolute atomic E-state index is 13.0. The lowest BCUT2D eigenvalue weighted by molar-refractivity contribution is -0.138. The number of amides is 2. The average Bonchev–Trinajstić information content (AvgIpc) is 3.56. The number of aryl methyl sites for hydroxylation is 1. The van der Waals surface area contributed by atoms with E-state index >= 15 is 0 Å². The van der Waals surface area contributed by atoms with E-state index in [0.717, 1.165) is 48.1 Å². The third kappa shape index (κ3) is 10.1. The van der Waals surface area contributed by atoms with E-state index in [4.69, 9.17) is 4.74 Å². The summed E-state index contributed by atoms with van der Waals surface area (Å²) in [7, 11) is -3.15. The molecular formula is C34H42N4O7S. The molecule has 246 valence electrons. The Bertz CT molecular complexity index is 1560. The van der Waals surface area contributed by atoms with Crippen molar-refractivity contribution in [3.63, 3.8) is 0 Å². The van der Waals surface area contributed by atoms with E-state index in [1.165, 1.54) is 30.6 Å². The van der Waals surface area contributed by atoms with Crippen molar-refractivity contribution in [3.8, 4) is 28.3 Å². The fraction of sp³-hybridized carbons (Fsp3) is 0.441. The molecule has 2 aromatic carbocycles. The number of nitrogens with zero attached hydrogens (tertiary/aromatic N) is 3. The number of aromatic nitrogens is 2. The predicted molar refractivity (Wildman–Crippen MR) is 174 cm³/mol. The van der Waals surface area contributed by atoms with Gasteiger partial charge in [0.1, 0.15) is 11.8 Å². The summed E-state index contributed by atoms with van der Waals surface area (Å²) >= 11 is 0. The van der Waals surface area contributed by atoms with Crippen LogP contribution < -0.4 is 9.46 Å². The minimum absolute atomic E-state index is 0.159. The number of ether oxygens (including phenoxy) is 2. The number of carbonyl (C=O) groups is 3. The number of carbonyl (C=O) groups excluding carboxylic acids is 3. The van der Waals surface area contributed by atoms with Crippen molar-refractivity contribution >= 4 is 27.8 Å². The summed E-state index contributed by atoms with van der Waals surface area (Å²) in [5, 5.41) is 0. The van der Waals surface area contributed by atoms with Gasteiger partial charge in [-0.25, -0.2) is 18.4 Å². The highest BCUT2D eigenvalue weighted by molar-refractivity contribution is 7.90. The SMILES string of the molecule is CCCCCCCOc1ccc(-c2cnc(-c3ccc(CCC(=O)N4CCC[C@H]4C(=O)NS(=O)(=O)CC(=O)OC)cc3)nc2)cc1. The number of unbranched alkanes of at least 4 members (excludes halogenated alkanes) is 4. The van der Waals surface area contributed by atoms with Crippen molar-refractivity contribution in [1.82, 2.24) is 19.6 Å². The van der Waals surface area contributed by atoms with Gasteiger partial charge in [-0.05, 0) is 48.9 Å². The molecule has 1 saturated heterocycles. The number of rotatable bonds is 16. The summed E-state index contributed by atoms with van der Waals surface area (Å²) in [6.07, 6.45) is 11.1. The van der Waals surface area contributed by atoms with Crippen molar-refractivity contribution < 1.29 is 32.3 Å². The Morgan fingerprint density at radius 3 is 2.26 bits per heavy atom. The molecule has 0 spiro atoms. The van der Waals surface area contributed by atoms with Crippen molar-refractivity contribution in [2.45, 2.75) is 70.8 Å². The zero-order valence-corrected chi connectivity index (χ0v) is 27.3. The van der Waals surface area contributed by atoms with E-state index in [9.17, 15) is 22.8 Å². The van der Waals surface area contributed by atoms with E-state index in [-0.39, 0.29) is 12.3 Å². The summed E-state index contributed by atoms with van der Waals surface area (Å²) in [5.41, 5.74) is 3.67. The molecule has 1 atom stereocenters. The van der Waals surface area contributed by atoms with Gasteiger partial charge in [0.15, 0.2) is 11.6 Å². The summed E-state index contributed by atoms with van der Waals surface area (Å²) in [4.78, 5) is 47.4. The van der Waals surface area contributed by atoms with Gasteiger partial charge in [-0.2, -0.15) is 0 Å². The molecule has 12 heteroatoms. The molecule has 1 aliphatic rings. The fourth-order valence-electron chi connectivity index (χ4n) is 5.29. The fourth-order valence-corrected chi connectivity index (χ4v) is 6.23. The lowest BCUT2D eigenvalue weighted by Crippen LogP contribution is -2.48. The van der Waals surface area contributed by atoms with E-state index < -0.39 is 33.7 Å². The highest BCUT2D eigenvalue weighted by Gasteiger charge is 2.35. The smallest absolute Gasteiger partial charge is 0.322 e. The molecule has 1 fully saturated rings. The van der Waals surface area contributed by atoms with Gasteiger partial charge in [-0.3, -0.25) is 19.1 Å². The van der Waals surface area contributed by atoms with Crippen LogP contribution in [0.1, 0.15) is 63.9 Å². The summed E-state index contributed by atoms with van der Waals surface area (Å²) in [6, 6.07) is 14.7. The van der Waals surface area contributed by atoms with Crippen molar-refractivity contribution in [3.05, 3.63) is 66.5 Å². The van der Waals surface area contributed by atoms with Crippen LogP contribution in [-0.4, -0.2) is 73.1 Å². The van der Waals surface area contributed by atoms with Crippen LogP contribution in [0, 0.1) is 0 Å². The van der Waals surface area contributed by atoms with Crippen LogP contribution in [0.5, 0.6) is 5.75 Å². The van der Waals surface area contributed by atoms with Gasteiger partial charge in [0.05, 0.1) is 13.7 Å². The Morgan fingerprint density at radius 2 is 1.59 bits per heavy atom.